The minimum Gasteiger partial charge on any atom is -0.309 e. The van der Waals surface area contributed by atoms with Crippen molar-refractivity contribution in [2.75, 3.05) is 0 Å². The number of aromatic nitrogens is 2. The Balaban J connectivity index is 1.22. The van der Waals surface area contributed by atoms with E-state index in [1.807, 2.05) is 22.7 Å². The zero-order valence-corrected chi connectivity index (χ0v) is 31.8. The van der Waals surface area contributed by atoms with Crippen LogP contribution in [0, 0.1) is 0 Å². The maximum Gasteiger partial charge on any atom is 0.0620 e. The Morgan fingerprint density at radius 1 is 0.286 bits per heavy atom. The molecule has 0 N–H and O–H groups in total. The van der Waals surface area contributed by atoms with Crippen LogP contribution in [0.25, 0.3) is 107 Å². The van der Waals surface area contributed by atoms with Crippen LogP contribution in [0.3, 0.4) is 0 Å². The van der Waals surface area contributed by atoms with Crippen molar-refractivity contribution in [3.63, 3.8) is 0 Å². The van der Waals surface area contributed by atoms with Crippen LogP contribution in [0.2, 0.25) is 0 Å². The Morgan fingerprint density at radius 3 is 1.09 bits per heavy atom. The average Bonchev–Trinajstić information content (AvgIpc) is 4.01. The molecule has 2 nitrogen and oxygen atoms in total. The molecule has 0 unspecified atom stereocenters. The average molecular weight is 749 g/mol. The molecule has 0 spiro atoms. The molecule has 4 aromatic heterocycles. The lowest BCUT2D eigenvalue weighted by Crippen LogP contribution is -1.99. The molecule has 0 aliphatic heterocycles. The first-order valence-corrected chi connectivity index (χ1v) is 20.6. The molecule has 4 heterocycles. The summed E-state index contributed by atoms with van der Waals surface area (Å²) in [6.07, 6.45) is 0. The van der Waals surface area contributed by atoms with Crippen LogP contribution in [0.15, 0.2) is 194 Å². The second-order valence-electron chi connectivity index (χ2n) is 14.4. The van der Waals surface area contributed by atoms with Gasteiger partial charge < -0.3 is 9.13 Å². The second kappa shape index (κ2) is 12.4. The predicted molar refractivity (Wildman–Crippen MR) is 242 cm³/mol. The first-order valence-electron chi connectivity index (χ1n) is 19.0. The molecule has 262 valence electrons. The van der Waals surface area contributed by atoms with Crippen molar-refractivity contribution in [1.82, 2.24) is 9.13 Å². The largest absolute Gasteiger partial charge is 0.309 e. The Hall–Kier alpha value is -6.72. The van der Waals surface area contributed by atoms with E-state index in [1.165, 1.54) is 95.8 Å². The highest BCUT2D eigenvalue weighted by Gasteiger charge is 2.29. The van der Waals surface area contributed by atoms with E-state index in [9.17, 15) is 0 Å². The lowest BCUT2D eigenvalue weighted by Gasteiger charge is -2.16. The fraction of sp³-hybridized carbons (Fsp3) is 0. The highest BCUT2D eigenvalue weighted by Crippen LogP contribution is 2.51. The maximum absolute atomic E-state index is 2.51. The van der Waals surface area contributed by atoms with Crippen LogP contribution in [-0.2, 0) is 0 Å². The summed E-state index contributed by atoms with van der Waals surface area (Å²) in [5.41, 5.74) is 11.9. The molecule has 0 saturated heterocycles. The van der Waals surface area contributed by atoms with Gasteiger partial charge in [-0.3, -0.25) is 0 Å². The number of thiophene rings is 2. The Bertz CT molecular complexity index is 3240. The number of nitrogens with zero attached hydrogens (tertiary/aromatic N) is 2. The Morgan fingerprint density at radius 2 is 0.643 bits per heavy atom. The first-order chi connectivity index (χ1) is 27.8. The summed E-state index contributed by atoms with van der Waals surface area (Å²) < 4.78 is 10.2. The van der Waals surface area contributed by atoms with Gasteiger partial charge in [-0.2, -0.15) is 0 Å². The third-order valence-corrected chi connectivity index (χ3v) is 13.6. The molecular formula is C52H32N2S2. The van der Waals surface area contributed by atoms with Crippen LogP contribution in [0.5, 0.6) is 0 Å². The van der Waals surface area contributed by atoms with E-state index < -0.39 is 0 Å². The van der Waals surface area contributed by atoms with E-state index in [0.717, 1.165) is 11.4 Å². The smallest absolute Gasteiger partial charge is 0.0620 e. The van der Waals surface area contributed by atoms with Gasteiger partial charge in [0.15, 0.2) is 0 Å². The summed E-state index contributed by atoms with van der Waals surface area (Å²) in [5.74, 6) is 0. The molecule has 4 heteroatoms. The van der Waals surface area contributed by atoms with Crippen LogP contribution in [0.1, 0.15) is 0 Å². The van der Waals surface area contributed by atoms with Crippen molar-refractivity contribution in [3.05, 3.63) is 194 Å². The number of benzene rings is 8. The van der Waals surface area contributed by atoms with Crippen LogP contribution < -0.4 is 0 Å². The summed E-state index contributed by atoms with van der Waals surface area (Å²) in [6, 6.07) is 71.5. The van der Waals surface area contributed by atoms with Gasteiger partial charge in [-0.25, -0.2) is 0 Å². The third kappa shape index (κ3) is 4.67. The van der Waals surface area contributed by atoms with E-state index in [2.05, 4.69) is 203 Å². The summed E-state index contributed by atoms with van der Waals surface area (Å²) in [7, 11) is 0. The molecule has 0 aliphatic rings. The normalized spacial score (nSPS) is 11.9. The minimum atomic E-state index is 1.16. The van der Waals surface area contributed by atoms with Crippen molar-refractivity contribution < 1.29 is 0 Å². The summed E-state index contributed by atoms with van der Waals surface area (Å²) in [4.78, 5) is 0. The van der Waals surface area contributed by atoms with Gasteiger partial charge in [-0.05, 0) is 59.7 Å². The van der Waals surface area contributed by atoms with Crippen molar-refractivity contribution in [2.45, 2.75) is 0 Å². The zero-order chi connectivity index (χ0) is 36.7. The maximum atomic E-state index is 2.51. The van der Waals surface area contributed by atoms with Gasteiger partial charge >= 0.3 is 0 Å². The van der Waals surface area contributed by atoms with Crippen LogP contribution in [-0.4, -0.2) is 9.13 Å². The van der Waals surface area contributed by atoms with Gasteiger partial charge in [0, 0.05) is 73.6 Å². The summed E-state index contributed by atoms with van der Waals surface area (Å²) >= 11 is 3.74. The van der Waals surface area contributed by atoms with Gasteiger partial charge in [0.1, 0.15) is 0 Å². The predicted octanol–water partition coefficient (Wildman–Crippen LogP) is 15.3. The molecule has 12 rings (SSSR count). The number of rotatable bonds is 5. The lowest BCUT2D eigenvalue weighted by molar-refractivity contribution is 1.13. The molecule has 0 saturated carbocycles. The number of hydrogen-bond donors (Lipinski definition) is 0. The molecular weight excluding hydrogens is 717 g/mol. The van der Waals surface area contributed by atoms with E-state index >= 15 is 0 Å². The summed E-state index contributed by atoms with van der Waals surface area (Å²) in [6.45, 7) is 0. The molecule has 12 aromatic rings. The third-order valence-electron chi connectivity index (χ3n) is 11.3. The van der Waals surface area contributed by atoms with E-state index in [4.69, 9.17) is 0 Å². The van der Waals surface area contributed by atoms with Crippen molar-refractivity contribution in [3.8, 4) is 45.0 Å². The molecule has 0 aliphatic carbocycles. The standard InChI is InChI=1S/C52H32N2S2/c1-3-15-33(16-4-1)51-49(41-21-7-11-23-43(41)53(51)35-27-29-39-37-19-9-13-25-45(37)55-47(39)31-35)50-42-22-8-12-24-44(42)54(52(50)34-17-5-2-6-18-34)36-28-30-40-38-20-10-14-26-46(38)56-48(40)32-36/h1-32H. The fourth-order valence-corrected chi connectivity index (χ4v) is 11.2. The highest BCUT2D eigenvalue weighted by molar-refractivity contribution is 7.26. The molecule has 0 fully saturated rings. The van der Waals surface area contributed by atoms with E-state index in [-0.39, 0.29) is 0 Å². The van der Waals surface area contributed by atoms with Gasteiger partial charge in [-0.15, -0.1) is 22.7 Å². The van der Waals surface area contributed by atoms with Gasteiger partial charge in [-0.1, -0.05) is 146 Å². The molecule has 0 bridgehead atoms. The number of hydrogen-bond acceptors (Lipinski definition) is 2. The Kier molecular flexibility index (Phi) is 7.00. The van der Waals surface area contributed by atoms with E-state index in [0.29, 0.717) is 0 Å². The Labute approximate surface area is 331 Å². The van der Waals surface area contributed by atoms with Gasteiger partial charge in [0.25, 0.3) is 0 Å². The topological polar surface area (TPSA) is 9.86 Å². The first kappa shape index (κ1) is 31.6. The number of fused-ring (bicyclic) bond motifs is 8. The van der Waals surface area contributed by atoms with Crippen molar-refractivity contribution >= 4 is 84.8 Å². The van der Waals surface area contributed by atoms with Crippen LogP contribution >= 0.6 is 22.7 Å². The molecule has 56 heavy (non-hydrogen) atoms. The molecule has 0 radical (unpaired) electrons. The molecule has 8 aromatic carbocycles. The van der Waals surface area contributed by atoms with Crippen molar-refractivity contribution in [2.24, 2.45) is 0 Å². The molecule has 0 atom stereocenters. The van der Waals surface area contributed by atoms with Crippen molar-refractivity contribution in [1.29, 1.82) is 0 Å². The monoisotopic (exact) mass is 748 g/mol. The number of para-hydroxylation sites is 2. The zero-order valence-electron chi connectivity index (χ0n) is 30.2. The fourth-order valence-electron chi connectivity index (χ4n) is 8.97. The van der Waals surface area contributed by atoms with Crippen LogP contribution in [0.4, 0.5) is 0 Å². The lowest BCUT2D eigenvalue weighted by atomic mass is 9.93. The van der Waals surface area contributed by atoms with Gasteiger partial charge in [0.05, 0.1) is 22.4 Å². The van der Waals surface area contributed by atoms with Gasteiger partial charge in [0.2, 0.25) is 0 Å². The quantitative estimate of drug-likeness (QED) is 0.166. The molecule has 0 amide bonds. The minimum absolute atomic E-state index is 1.16. The second-order valence-corrected chi connectivity index (χ2v) is 16.6. The van der Waals surface area contributed by atoms with E-state index in [1.54, 1.807) is 0 Å². The highest BCUT2D eigenvalue weighted by atomic mass is 32.1. The summed E-state index contributed by atoms with van der Waals surface area (Å²) in [5, 5.41) is 7.68. The SMILES string of the molecule is c1ccc(-c2c(-c3c(-c4ccccc4)n(-c4ccc5c(c4)sc4ccccc45)c4ccccc34)c3ccccc3n2-c2ccc3c(c2)sc2ccccc23)cc1.